The molecule has 0 radical (unpaired) electrons. The van der Waals surface area contributed by atoms with Crippen molar-refractivity contribution in [2.75, 3.05) is 24.7 Å². The predicted molar refractivity (Wildman–Crippen MR) is 118 cm³/mol. The second kappa shape index (κ2) is 11.5. The van der Waals surface area contributed by atoms with Gasteiger partial charge in [0.05, 0.1) is 5.69 Å². The standard InChI is InChI=1S/C23H33N3OS/c24-15-22(3-1-2-11-27)21-7-6-19-13-18(4-5-20(19)14-21)17-28-12-8-23-16-25-9-10-26-23/h6-7,9-10,14,16,18,22,27H,1-5,8,11-13,15,17,24H2/t18-,22-/m0/s1. The van der Waals surface area contributed by atoms with Crippen LogP contribution in [0.15, 0.2) is 36.8 Å². The zero-order valence-electron chi connectivity index (χ0n) is 16.7. The lowest BCUT2D eigenvalue weighted by atomic mass is 9.82. The van der Waals surface area contributed by atoms with Crippen LogP contribution in [0.3, 0.4) is 0 Å². The van der Waals surface area contributed by atoms with Crippen LogP contribution in [0.4, 0.5) is 0 Å². The monoisotopic (exact) mass is 399 g/mol. The highest BCUT2D eigenvalue weighted by Crippen LogP contribution is 2.31. The molecule has 1 heterocycles. The Hall–Kier alpha value is -1.43. The van der Waals surface area contributed by atoms with Gasteiger partial charge in [0, 0.05) is 31.6 Å². The third-order valence-electron chi connectivity index (χ3n) is 5.75. The Morgan fingerprint density at radius 1 is 1.21 bits per heavy atom. The maximum absolute atomic E-state index is 9.00. The molecule has 0 unspecified atom stereocenters. The van der Waals surface area contributed by atoms with Gasteiger partial charge in [-0.3, -0.25) is 9.97 Å². The molecule has 0 bridgehead atoms. The second-order valence-electron chi connectivity index (χ2n) is 7.81. The highest BCUT2D eigenvalue weighted by Gasteiger charge is 2.20. The molecule has 3 N–H and O–H groups in total. The number of hydrogen-bond donors (Lipinski definition) is 2. The first-order valence-electron chi connectivity index (χ1n) is 10.6. The fourth-order valence-corrected chi connectivity index (χ4v) is 5.19. The first kappa shape index (κ1) is 21.3. The molecule has 3 rings (SSSR count). The van der Waals surface area contributed by atoms with E-state index in [0.717, 1.165) is 43.0 Å². The maximum atomic E-state index is 9.00. The summed E-state index contributed by atoms with van der Waals surface area (Å²) in [4.78, 5) is 8.48. The number of benzene rings is 1. The zero-order chi connectivity index (χ0) is 19.6. The van der Waals surface area contributed by atoms with Gasteiger partial charge >= 0.3 is 0 Å². The molecular weight excluding hydrogens is 366 g/mol. The van der Waals surface area contributed by atoms with Crippen molar-refractivity contribution in [3.05, 3.63) is 59.2 Å². The van der Waals surface area contributed by atoms with Crippen LogP contribution in [0.25, 0.3) is 0 Å². The number of unbranched alkanes of at least 4 members (excludes halogenated alkanes) is 1. The Bertz CT molecular complexity index is 710. The Balaban J connectivity index is 1.47. The molecule has 0 spiro atoms. The van der Waals surface area contributed by atoms with Gasteiger partial charge < -0.3 is 10.8 Å². The number of rotatable bonds is 11. The first-order chi connectivity index (χ1) is 13.8. The van der Waals surface area contributed by atoms with E-state index in [-0.39, 0.29) is 6.61 Å². The van der Waals surface area contributed by atoms with Crippen LogP contribution in [0.1, 0.15) is 54.0 Å². The van der Waals surface area contributed by atoms with E-state index in [9.17, 15) is 0 Å². The highest BCUT2D eigenvalue weighted by molar-refractivity contribution is 7.99. The molecule has 152 valence electrons. The molecule has 0 fully saturated rings. The van der Waals surface area contributed by atoms with Crippen molar-refractivity contribution in [2.24, 2.45) is 11.7 Å². The molecule has 1 aromatic carbocycles. The van der Waals surface area contributed by atoms with E-state index in [2.05, 4.69) is 28.2 Å². The molecule has 5 heteroatoms. The molecule has 2 atom stereocenters. The topological polar surface area (TPSA) is 72.0 Å². The summed E-state index contributed by atoms with van der Waals surface area (Å²) in [5.74, 6) is 3.55. The van der Waals surface area contributed by atoms with Crippen molar-refractivity contribution in [1.29, 1.82) is 0 Å². The van der Waals surface area contributed by atoms with Crippen LogP contribution in [0.2, 0.25) is 0 Å². The molecule has 1 aliphatic carbocycles. The molecule has 28 heavy (non-hydrogen) atoms. The minimum absolute atomic E-state index is 0.277. The van der Waals surface area contributed by atoms with Gasteiger partial charge in [-0.2, -0.15) is 11.8 Å². The van der Waals surface area contributed by atoms with E-state index in [1.807, 2.05) is 18.0 Å². The normalized spacial score (nSPS) is 17.3. The van der Waals surface area contributed by atoms with Gasteiger partial charge in [-0.15, -0.1) is 0 Å². The van der Waals surface area contributed by atoms with Gasteiger partial charge in [0.15, 0.2) is 0 Å². The van der Waals surface area contributed by atoms with E-state index in [1.54, 1.807) is 12.4 Å². The average molecular weight is 400 g/mol. The number of nitrogens with zero attached hydrogens (tertiary/aromatic N) is 2. The van der Waals surface area contributed by atoms with E-state index in [4.69, 9.17) is 10.8 Å². The number of hydrogen-bond acceptors (Lipinski definition) is 5. The minimum Gasteiger partial charge on any atom is -0.396 e. The number of thioether (sulfide) groups is 1. The largest absolute Gasteiger partial charge is 0.396 e. The number of aryl methyl sites for hydroxylation is 2. The Morgan fingerprint density at radius 3 is 2.93 bits per heavy atom. The highest BCUT2D eigenvalue weighted by atomic mass is 32.2. The fourth-order valence-electron chi connectivity index (χ4n) is 4.06. The van der Waals surface area contributed by atoms with E-state index < -0.39 is 0 Å². The van der Waals surface area contributed by atoms with E-state index in [0.29, 0.717) is 12.5 Å². The SMILES string of the molecule is NC[C@H](CCCCO)c1ccc2c(c1)CC[C@H](CSCCc1cnccn1)C2. The van der Waals surface area contributed by atoms with Gasteiger partial charge in [0.25, 0.3) is 0 Å². The van der Waals surface area contributed by atoms with Crippen molar-refractivity contribution in [3.8, 4) is 0 Å². The molecule has 2 aromatic rings. The summed E-state index contributed by atoms with van der Waals surface area (Å²) >= 11 is 2.05. The summed E-state index contributed by atoms with van der Waals surface area (Å²) in [5.41, 5.74) is 11.5. The molecule has 4 nitrogen and oxygen atoms in total. The van der Waals surface area contributed by atoms with Gasteiger partial charge in [-0.1, -0.05) is 24.6 Å². The summed E-state index contributed by atoms with van der Waals surface area (Å²) < 4.78 is 0. The number of nitrogens with two attached hydrogens (primary N) is 1. The van der Waals surface area contributed by atoms with Crippen LogP contribution >= 0.6 is 11.8 Å². The van der Waals surface area contributed by atoms with Crippen LogP contribution in [-0.2, 0) is 19.3 Å². The third kappa shape index (κ3) is 6.29. The second-order valence-corrected chi connectivity index (χ2v) is 8.96. The van der Waals surface area contributed by atoms with Crippen molar-refractivity contribution in [3.63, 3.8) is 0 Å². The fraction of sp³-hybridized carbons (Fsp3) is 0.565. The minimum atomic E-state index is 0.277. The lowest BCUT2D eigenvalue weighted by molar-refractivity contribution is 0.281. The first-order valence-corrected chi connectivity index (χ1v) is 11.7. The summed E-state index contributed by atoms with van der Waals surface area (Å²) in [6.07, 6.45) is 13.0. The van der Waals surface area contributed by atoms with Crippen LogP contribution < -0.4 is 5.73 Å². The maximum Gasteiger partial charge on any atom is 0.0594 e. The van der Waals surface area contributed by atoms with E-state index >= 15 is 0 Å². The molecule has 1 aliphatic rings. The number of aromatic nitrogens is 2. The Morgan fingerprint density at radius 2 is 2.14 bits per heavy atom. The number of aliphatic hydroxyl groups excluding tert-OH is 1. The quantitative estimate of drug-likeness (QED) is 0.563. The van der Waals surface area contributed by atoms with Crippen molar-refractivity contribution < 1.29 is 5.11 Å². The van der Waals surface area contributed by atoms with E-state index in [1.165, 1.54) is 41.7 Å². The molecule has 0 saturated carbocycles. The number of fused-ring (bicyclic) bond motifs is 1. The average Bonchev–Trinajstić information content (AvgIpc) is 2.75. The third-order valence-corrected chi connectivity index (χ3v) is 6.95. The summed E-state index contributed by atoms with van der Waals surface area (Å²) in [5, 5.41) is 9.00. The van der Waals surface area contributed by atoms with Gasteiger partial charge in [0.2, 0.25) is 0 Å². The molecular formula is C23H33N3OS. The Kier molecular flexibility index (Phi) is 8.77. The van der Waals surface area contributed by atoms with Crippen molar-refractivity contribution in [2.45, 2.75) is 50.9 Å². The lowest BCUT2D eigenvalue weighted by Gasteiger charge is -2.26. The van der Waals surface area contributed by atoms with Crippen molar-refractivity contribution in [1.82, 2.24) is 9.97 Å². The lowest BCUT2D eigenvalue weighted by Crippen LogP contribution is -2.18. The smallest absolute Gasteiger partial charge is 0.0594 e. The van der Waals surface area contributed by atoms with Crippen LogP contribution in [0.5, 0.6) is 0 Å². The van der Waals surface area contributed by atoms with Crippen LogP contribution in [0, 0.1) is 5.92 Å². The summed E-state index contributed by atoms with van der Waals surface area (Å²) in [6.45, 7) is 0.967. The van der Waals surface area contributed by atoms with Crippen molar-refractivity contribution >= 4 is 11.8 Å². The van der Waals surface area contributed by atoms with Gasteiger partial charge in [-0.25, -0.2) is 0 Å². The number of aliphatic hydroxyl groups is 1. The summed E-state index contributed by atoms with van der Waals surface area (Å²) in [7, 11) is 0. The van der Waals surface area contributed by atoms with Gasteiger partial charge in [-0.05, 0) is 78.7 Å². The molecule has 1 aromatic heterocycles. The zero-order valence-corrected chi connectivity index (χ0v) is 17.5. The van der Waals surface area contributed by atoms with Gasteiger partial charge in [0.1, 0.15) is 0 Å². The summed E-state index contributed by atoms with van der Waals surface area (Å²) in [6, 6.07) is 7.04. The predicted octanol–water partition coefficient (Wildman–Crippen LogP) is 3.76. The molecule has 0 saturated heterocycles. The molecule has 0 aliphatic heterocycles. The Labute approximate surface area is 173 Å². The molecule has 0 amide bonds. The van der Waals surface area contributed by atoms with Crippen LogP contribution in [-0.4, -0.2) is 39.7 Å².